The van der Waals surface area contributed by atoms with Gasteiger partial charge in [0, 0.05) is 0 Å². The van der Waals surface area contributed by atoms with Gasteiger partial charge in [-0.2, -0.15) is 5.26 Å². The van der Waals surface area contributed by atoms with Crippen LogP contribution in [0.25, 0.3) is 5.57 Å². The molecule has 15 heavy (non-hydrogen) atoms. The lowest BCUT2D eigenvalue weighted by molar-refractivity contribution is -0.139. The average molecular weight is 201 g/mol. The van der Waals surface area contributed by atoms with Crippen molar-refractivity contribution in [2.45, 2.75) is 0 Å². The molecule has 0 fully saturated rings. The highest BCUT2D eigenvalue weighted by Gasteiger charge is 2.52. The van der Waals surface area contributed by atoms with Gasteiger partial charge < -0.3 is 10.2 Å². The van der Waals surface area contributed by atoms with Crippen LogP contribution < -0.4 is 0 Å². The summed E-state index contributed by atoms with van der Waals surface area (Å²) in [6, 6.07) is 7.94. The van der Waals surface area contributed by atoms with Crippen LogP contribution in [0.5, 0.6) is 5.75 Å². The summed E-state index contributed by atoms with van der Waals surface area (Å²) >= 11 is 0. The topological polar surface area (TPSA) is 81.3 Å². The molecule has 0 saturated carbocycles. The van der Waals surface area contributed by atoms with Gasteiger partial charge in [0.1, 0.15) is 5.75 Å². The largest absolute Gasteiger partial charge is 0.508 e. The van der Waals surface area contributed by atoms with Crippen molar-refractivity contribution < 1.29 is 15.0 Å². The molecule has 0 amide bonds. The number of nitrogens with zero attached hydrogens (tertiary/aromatic N) is 1. The number of phenolic OH excluding ortho intramolecular Hbond substituents is 1. The van der Waals surface area contributed by atoms with Crippen molar-refractivity contribution in [1.82, 2.24) is 0 Å². The van der Waals surface area contributed by atoms with Crippen molar-refractivity contribution in [3.05, 3.63) is 35.9 Å². The van der Waals surface area contributed by atoms with Crippen molar-refractivity contribution in [3.8, 4) is 11.8 Å². The molecule has 0 aliphatic heterocycles. The monoisotopic (exact) mass is 201 g/mol. The van der Waals surface area contributed by atoms with Crippen molar-refractivity contribution >= 4 is 11.5 Å². The quantitative estimate of drug-likeness (QED) is 0.757. The van der Waals surface area contributed by atoms with Gasteiger partial charge in [-0.15, -0.1) is 0 Å². The van der Waals surface area contributed by atoms with E-state index >= 15 is 0 Å². The van der Waals surface area contributed by atoms with Crippen molar-refractivity contribution in [2.75, 3.05) is 0 Å². The fourth-order valence-electron chi connectivity index (χ4n) is 1.48. The number of aliphatic carboxylic acids is 1. The van der Waals surface area contributed by atoms with E-state index in [0.29, 0.717) is 11.1 Å². The number of carboxylic acids is 1. The molecule has 2 N–H and O–H groups in total. The molecule has 0 heterocycles. The van der Waals surface area contributed by atoms with E-state index < -0.39 is 11.4 Å². The Hall–Kier alpha value is -2.28. The zero-order chi connectivity index (χ0) is 11.1. The number of benzene rings is 1. The van der Waals surface area contributed by atoms with Gasteiger partial charge in [0.15, 0.2) is 5.41 Å². The molecule has 0 bridgehead atoms. The zero-order valence-corrected chi connectivity index (χ0v) is 7.64. The minimum Gasteiger partial charge on any atom is -0.508 e. The summed E-state index contributed by atoms with van der Waals surface area (Å²) in [4.78, 5) is 10.8. The summed E-state index contributed by atoms with van der Waals surface area (Å²) in [6.07, 6.45) is 1.38. The first-order valence-corrected chi connectivity index (χ1v) is 4.27. The minimum atomic E-state index is -1.49. The number of rotatable bonds is 2. The van der Waals surface area contributed by atoms with Crippen LogP contribution in [-0.2, 0) is 4.79 Å². The highest BCUT2D eigenvalue weighted by Crippen LogP contribution is 2.50. The number of carbonyl (C=O) groups is 1. The molecule has 1 aliphatic rings. The van der Waals surface area contributed by atoms with Crippen LogP contribution in [0.15, 0.2) is 30.3 Å². The van der Waals surface area contributed by atoms with Gasteiger partial charge in [0.2, 0.25) is 0 Å². The van der Waals surface area contributed by atoms with Crippen LogP contribution >= 0.6 is 0 Å². The van der Waals surface area contributed by atoms with Crippen LogP contribution in [0.1, 0.15) is 5.56 Å². The van der Waals surface area contributed by atoms with Crippen molar-refractivity contribution in [3.63, 3.8) is 0 Å². The molecule has 1 aliphatic carbocycles. The molecule has 0 saturated heterocycles. The Kier molecular flexibility index (Phi) is 1.77. The summed E-state index contributed by atoms with van der Waals surface area (Å²) in [5, 5.41) is 26.9. The number of phenols is 1. The van der Waals surface area contributed by atoms with Gasteiger partial charge in [0.25, 0.3) is 0 Å². The first kappa shape index (κ1) is 9.28. The van der Waals surface area contributed by atoms with Gasteiger partial charge >= 0.3 is 5.97 Å². The summed E-state index contributed by atoms with van der Waals surface area (Å²) in [5.74, 6) is -1.12. The van der Waals surface area contributed by atoms with Gasteiger partial charge in [-0.05, 0) is 29.3 Å². The third kappa shape index (κ3) is 1.25. The lowest BCUT2D eigenvalue weighted by atomic mass is 9.98. The van der Waals surface area contributed by atoms with E-state index in [1.807, 2.05) is 0 Å². The van der Waals surface area contributed by atoms with Gasteiger partial charge in [0.05, 0.1) is 6.07 Å². The van der Waals surface area contributed by atoms with E-state index in [4.69, 9.17) is 10.4 Å². The number of nitriles is 1. The first-order valence-electron chi connectivity index (χ1n) is 4.27. The summed E-state index contributed by atoms with van der Waals surface area (Å²) in [5.41, 5.74) is -0.485. The summed E-state index contributed by atoms with van der Waals surface area (Å²) < 4.78 is 0. The second-order valence-electron chi connectivity index (χ2n) is 3.33. The number of hydrogen-bond donors (Lipinski definition) is 2. The SMILES string of the molecule is N#CC1(C(=O)O)C=C1c1cccc(O)c1. The Balaban J connectivity index is 2.35. The molecule has 4 heteroatoms. The van der Waals surface area contributed by atoms with E-state index in [1.165, 1.54) is 18.2 Å². The van der Waals surface area contributed by atoms with Gasteiger partial charge in [-0.3, -0.25) is 0 Å². The van der Waals surface area contributed by atoms with Crippen molar-refractivity contribution in [1.29, 1.82) is 5.26 Å². The number of aromatic hydroxyl groups is 1. The Labute approximate surface area is 85.7 Å². The standard InChI is InChI=1S/C11H7NO3/c12-6-11(10(14)15)5-9(11)7-2-1-3-8(13)4-7/h1-5,13H,(H,14,15). The Morgan fingerprint density at radius 3 is 2.67 bits per heavy atom. The first-order chi connectivity index (χ1) is 7.10. The Bertz CT molecular complexity index is 513. The molecule has 1 aromatic rings. The summed E-state index contributed by atoms with van der Waals surface area (Å²) in [7, 11) is 0. The lowest BCUT2D eigenvalue weighted by Crippen LogP contribution is -2.15. The van der Waals surface area contributed by atoms with Crippen LogP contribution in [0, 0.1) is 16.7 Å². The fraction of sp³-hybridized carbons (Fsp3) is 0.0909. The number of carboxylic acid groups (broad SMARTS) is 1. The van der Waals surface area contributed by atoms with Crippen LogP contribution in [0.3, 0.4) is 0 Å². The van der Waals surface area contributed by atoms with E-state index in [1.54, 1.807) is 18.2 Å². The molecule has 0 spiro atoms. The van der Waals surface area contributed by atoms with Gasteiger partial charge in [-0.1, -0.05) is 12.1 Å². The second-order valence-corrected chi connectivity index (χ2v) is 3.33. The molecular weight excluding hydrogens is 194 g/mol. The molecule has 74 valence electrons. The molecule has 1 aromatic carbocycles. The molecule has 4 nitrogen and oxygen atoms in total. The molecule has 1 atom stereocenters. The molecular formula is C11H7NO3. The fourth-order valence-corrected chi connectivity index (χ4v) is 1.48. The average Bonchev–Trinajstić information content (AvgIpc) is 2.93. The molecule has 0 aromatic heterocycles. The molecule has 0 radical (unpaired) electrons. The Morgan fingerprint density at radius 1 is 1.47 bits per heavy atom. The third-order valence-corrected chi connectivity index (χ3v) is 2.37. The normalized spacial score (nSPS) is 22.7. The zero-order valence-electron chi connectivity index (χ0n) is 7.64. The maximum atomic E-state index is 10.8. The Morgan fingerprint density at radius 2 is 2.20 bits per heavy atom. The van der Waals surface area contributed by atoms with Gasteiger partial charge in [-0.25, -0.2) is 4.79 Å². The van der Waals surface area contributed by atoms with E-state index in [9.17, 15) is 9.90 Å². The summed E-state index contributed by atoms with van der Waals surface area (Å²) in [6.45, 7) is 0. The van der Waals surface area contributed by atoms with Crippen LogP contribution in [0.2, 0.25) is 0 Å². The maximum Gasteiger partial charge on any atom is 0.332 e. The second kappa shape index (κ2) is 2.85. The van der Waals surface area contributed by atoms with Crippen LogP contribution in [-0.4, -0.2) is 16.2 Å². The van der Waals surface area contributed by atoms with E-state index in [2.05, 4.69) is 0 Å². The smallest absolute Gasteiger partial charge is 0.332 e. The van der Waals surface area contributed by atoms with Crippen LogP contribution in [0.4, 0.5) is 0 Å². The highest BCUT2D eigenvalue weighted by atomic mass is 16.4. The van der Waals surface area contributed by atoms with E-state index in [0.717, 1.165) is 0 Å². The number of hydrogen-bond acceptors (Lipinski definition) is 3. The highest BCUT2D eigenvalue weighted by molar-refractivity contribution is 6.08. The minimum absolute atomic E-state index is 0.0533. The molecule has 2 rings (SSSR count). The third-order valence-electron chi connectivity index (χ3n) is 2.37. The van der Waals surface area contributed by atoms with E-state index in [-0.39, 0.29) is 5.75 Å². The van der Waals surface area contributed by atoms with Crippen molar-refractivity contribution in [2.24, 2.45) is 5.41 Å². The predicted molar refractivity (Wildman–Crippen MR) is 51.8 cm³/mol. The lowest BCUT2D eigenvalue weighted by Gasteiger charge is -2.03. The maximum absolute atomic E-state index is 10.8. The predicted octanol–water partition coefficient (Wildman–Crippen LogP) is 1.38. The molecule has 1 unspecified atom stereocenters.